The van der Waals surface area contributed by atoms with E-state index in [-0.39, 0.29) is 0 Å². The van der Waals surface area contributed by atoms with Crippen LogP contribution in [0, 0.1) is 6.92 Å². The average Bonchev–Trinajstić information content (AvgIpc) is 3.34. The van der Waals surface area contributed by atoms with E-state index in [4.69, 9.17) is 9.51 Å². The van der Waals surface area contributed by atoms with Crippen molar-refractivity contribution in [3.05, 3.63) is 39.7 Å². The molecule has 4 aromatic rings. The number of rotatable bonds is 4. The molecule has 0 amide bonds. The highest BCUT2D eigenvalue weighted by Crippen LogP contribution is 2.41. The maximum absolute atomic E-state index is 5.41. The van der Waals surface area contributed by atoms with Gasteiger partial charge in [-0.1, -0.05) is 23.0 Å². The van der Waals surface area contributed by atoms with Gasteiger partial charge < -0.3 is 4.52 Å². The van der Waals surface area contributed by atoms with Crippen LogP contribution < -0.4 is 0 Å². The lowest BCUT2D eigenvalue weighted by atomic mass is 10.2. The maximum Gasteiger partial charge on any atom is 0.237 e. The topological polar surface area (TPSA) is 64.7 Å². The van der Waals surface area contributed by atoms with E-state index in [0.717, 1.165) is 27.0 Å². The van der Waals surface area contributed by atoms with Crippen molar-refractivity contribution in [1.29, 1.82) is 0 Å². The third kappa shape index (κ3) is 2.78. The molecule has 0 spiro atoms. The summed E-state index contributed by atoms with van der Waals surface area (Å²) in [6.45, 7) is 1.95. The van der Waals surface area contributed by atoms with Crippen LogP contribution in [0.25, 0.3) is 20.9 Å². The second-order valence-electron chi connectivity index (χ2n) is 5.89. The normalized spacial score (nSPS) is 13.6. The first-order valence-corrected chi connectivity index (χ1v) is 10.7. The molecule has 4 aromatic heterocycles. The molecule has 0 radical (unpaired) electrons. The van der Waals surface area contributed by atoms with Crippen LogP contribution in [0.4, 0.5) is 0 Å². The molecule has 0 N–H and O–H groups in total. The third-order valence-electron chi connectivity index (χ3n) is 4.19. The molecule has 0 bridgehead atoms. The summed E-state index contributed by atoms with van der Waals surface area (Å²) in [5, 5.41) is 8.37. The Morgan fingerprint density at radius 1 is 1.24 bits per heavy atom. The van der Waals surface area contributed by atoms with Gasteiger partial charge in [0, 0.05) is 10.3 Å². The summed E-state index contributed by atoms with van der Waals surface area (Å²) in [4.78, 5) is 17.5. The molecule has 0 aliphatic heterocycles. The largest absolute Gasteiger partial charge is 0.338 e. The number of thioether (sulfide) groups is 1. The van der Waals surface area contributed by atoms with E-state index in [1.54, 1.807) is 23.1 Å². The van der Waals surface area contributed by atoms with E-state index < -0.39 is 0 Å². The Morgan fingerprint density at radius 2 is 2.20 bits per heavy atom. The summed E-state index contributed by atoms with van der Waals surface area (Å²) in [7, 11) is 0. The SMILES string of the molecule is Cc1nc(SCc2nc(-c3cccs3)no2)c2c3c(sc2n1)CCC3. The second kappa shape index (κ2) is 6.19. The third-order valence-corrected chi connectivity index (χ3v) is 7.20. The van der Waals surface area contributed by atoms with E-state index in [1.807, 2.05) is 35.8 Å². The Labute approximate surface area is 156 Å². The van der Waals surface area contributed by atoms with Gasteiger partial charge in [-0.3, -0.25) is 0 Å². The van der Waals surface area contributed by atoms with E-state index >= 15 is 0 Å². The summed E-state index contributed by atoms with van der Waals surface area (Å²) in [6, 6.07) is 3.99. The summed E-state index contributed by atoms with van der Waals surface area (Å²) < 4.78 is 5.41. The molecule has 4 heterocycles. The highest BCUT2D eigenvalue weighted by Gasteiger charge is 2.22. The lowest BCUT2D eigenvalue weighted by molar-refractivity contribution is 0.392. The Kier molecular flexibility index (Phi) is 3.83. The van der Waals surface area contributed by atoms with Gasteiger partial charge in [0.2, 0.25) is 11.7 Å². The van der Waals surface area contributed by atoms with E-state index in [1.165, 1.54) is 28.7 Å². The van der Waals surface area contributed by atoms with Crippen LogP contribution in [0.3, 0.4) is 0 Å². The zero-order valence-corrected chi connectivity index (χ0v) is 15.9. The Balaban J connectivity index is 1.44. The molecule has 25 heavy (non-hydrogen) atoms. The van der Waals surface area contributed by atoms with Gasteiger partial charge in [-0.25, -0.2) is 9.97 Å². The van der Waals surface area contributed by atoms with Gasteiger partial charge in [-0.2, -0.15) is 4.98 Å². The highest BCUT2D eigenvalue weighted by molar-refractivity contribution is 7.98. The molecular formula is C17H14N4OS3. The molecule has 1 aliphatic rings. The van der Waals surface area contributed by atoms with Crippen LogP contribution in [-0.4, -0.2) is 20.1 Å². The molecule has 1 aliphatic carbocycles. The minimum absolute atomic E-state index is 0.620. The molecule has 0 saturated carbocycles. The van der Waals surface area contributed by atoms with Crippen molar-refractivity contribution >= 4 is 44.7 Å². The molecule has 126 valence electrons. The number of fused-ring (bicyclic) bond motifs is 3. The van der Waals surface area contributed by atoms with Crippen LogP contribution in [0.2, 0.25) is 0 Å². The van der Waals surface area contributed by atoms with Gasteiger partial charge in [-0.05, 0) is 43.2 Å². The number of aromatic nitrogens is 4. The molecular weight excluding hydrogens is 372 g/mol. The Morgan fingerprint density at radius 3 is 3.08 bits per heavy atom. The van der Waals surface area contributed by atoms with Gasteiger partial charge in [0.25, 0.3) is 0 Å². The van der Waals surface area contributed by atoms with Crippen molar-refractivity contribution in [2.75, 3.05) is 0 Å². The summed E-state index contributed by atoms with van der Waals surface area (Å²) in [5.74, 6) is 2.73. The first-order chi connectivity index (χ1) is 12.3. The zero-order valence-electron chi connectivity index (χ0n) is 13.5. The highest BCUT2D eigenvalue weighted by atomic mass is 32.2. The van der Waals surface area contributed by atoms with Crippen LogP contribution in [0.1, 0.15) is 28.6 Å². The minimum Gasteiger partial charge on any atom is -0.338 e. The molecule has 8 heteroatoms. The first-order valence-electron chi connectivity index (χ1n) is 8.06. The van der Waals surface area contributed by atoms with Crippen molar-refractivity contribution in [1.82, 2.24) is 20.1 Å². The molecule has 0 saturated heterocycles. The molecule has 0 aromatic carbocycles. The van der Waals surface area contributed by atoms with Gasteiger partial charge in [0.05, 0.1) is 10.6 Å². The number of nitrogens with zero attached hydrogens (tertiary/aromatic N) is 4. The van der Waals surface area contributed by atoms with Crippen LogP contribution in [0.5, 0.6) is 0 Å². The monoisotopic (exact) mass is 386 g/mol. The molecule has 5 rings (SSSR count). The van der Waals surface area contributed by atoms with E-state index in [9.17, 15) is 0 Å². The number of hydrogen-bond acceptors (Lipinski definition) is 8. The minimum atomic E-state index is 0.620. The van der Waals surface area contributed by atoms with Crippen molar-refractivity contribution in [3.8, 4) is 10.7 Å². The van der Waals surface area contributed by atoms with Gasteiger partial charge in [0.1, 0.15) is 15.7 Å². The Bertz CT molecular complexity index is 1050. The maximum atomic E-state index is 5.41. The summed E-state index contributed by atoms with van der Waals surface area (Å²) >= 11 is 5.10. The molecule has 5 nitrogen and oxygen atoms in total. The molecule has 0 fully saturated rings. The number of aryl methyl sites for hydroxylation is 3. The smallest absolute Gasteiger partial charge is 0.237 e. The lowest BCUT2D eigenvalue weighted by Gasteiger charge is -2.03. The standard InChI is InChI=1S/C17H14N4OS3/c1-9-18-16(14-10-4-2-5-11(10)25-17(14)19-9)24-8-13-20-15(21-22-13)12-6-3-7-23-12/h3,6-7H,2,4-5,8H2,1H3. The summed E-state index contributed by atoms with van der Waals surface area (Å²) in [5.41, 5.74) is 1.45. The van der Waals surface area contributed by atoms with Crippen LogP contribution >= 0.6 is 34.4 Å². The number of thiophene rings is 2. The van der Waals surface area contributed by atoms with Gasteiger partial charge in [-0.15, -0.1) is 22.7 Å². The fraction of sp³-hybridized carbons (Fsp3) is 0.294. The van der Waals surface area contributed by atoms with Crippen molar-refractivity contribution < 1.29 is 4.52 Å². The van der Waals surface area contributed by atoms with Crippen molar-refractivity contribution in [2.45, 2.75) is 37.0 Å². The predicted octanol–water partition coefficient (Wildman–Crippen LogP) is 4.89. The van der Waals surface area contributed by atoms with Gasteiger partial charge in [0.15, 0.2) is 0 Å². The number of hydrogen-bond donors (Lipinski definition) is 0. The fourth-order valence-corrected chi connectivity index (χ4v) is 6.08. The van der Waals surface area contributed by atoms with E-state index in [0.29, 0.717) is 17.5 Å². The second-order valence-corrected chi connectivity index (χ2v) is 8.89. The van der Waals surface area contributed by atoms with Crippen LogP contribution in [-0.2, 0) is 18.6 Å². The van der Waals surface area contributed by atoms with Crippen LogP contribution in [0.15, 0.2) is 27.1 Å². The van der Waals surface area contributed by atoms with Crippen molar-refractivity contribution in [3.63, 3.8) is 0 Å². The van der Waals surface area contributed by atoms with E-state index in [2.05, 4.69) is 15.1 Å². The first kappa shape index (κ1) is 15.5. The quantitative estimate of drug-likeness (QED) is 0.367. The molecule has 0 unspecified atom stereocenters. The fourth-order valence-electron chi connectivity index (χ4n) is 3.12. The summed E-state index contributed by atoms with van der Waals surface area (Å²) in [6.07, 6.45) is 3.55. The Hall–Kier alpha value is -1.77. The predicted molar refractivity (Wildman–Crippen MR) is 101 cm³/mol. The average molecular weight is 387 g/mol. The zero-order chi connectivity index (χ0) is 16.8. The molecule has 0 atom stereocenters. The van der Waals surface area contributed by atoms with Crippen molar-refractivity contribution in [2.24, 2.45) is 0 Å². The van der Waals surface area contributed by atoms with Gasteiger partial charge >= 0.3 is 0 Å². The lowest BCUT2D eigenvalue weighted by Crippen LogP contribution is -1.93.